The van der Waals surface area contributed by atoms with Crippen LogP contribution in [0.4, 0.5) is 0 Å². The maximum Gasteiger partial charge on any atom is 0.321 e. The number of carboxylic acids is 2. The molecule has 1 atom stereocenters. The summed E-state index contributed by atoms with van der Waals surface area (Å²) in [5.41, 5.74) is -1.58. The van der Waals surface area contributed by atoms with Crippen molar-refractivity contribution in [2.45, 2.75) is 25.8 Å². The van der Waals surface area contributed by atoms with Crippen molar-refractivity contribution in [3.63, 3.8) is 0 Å². The SMILES string of the molecule is CC1CC(C(=O)O)(C(=O)O)CCN1C. The Morgan fingerprint density at radius 2 is 1.86 bits per heavy atom. The highest BCUT2D eigenvalue weighted by Crippen LogP contribution is 2.34. The van der Waals surface area contributed by atoms with Gasteiger partial charge in [0.05, 0.1) is 0 Å². The van der Waals surface area contributed by atoms with Crippen LogP contribution in [0, 0.1) is 5.41 Å². The highest BCUT2D eigenvalue weighted by molar-refractivity contribution is 5.98. The quantitative estimate of drug-likeness (QED) is 0.626. The Hall–Kier alpha value is -1.10. The number of aliphatic carboxylic acids is 2. The molecule has 1 unspecified atom stereocenters. The lowest BCUT2D eigenvalue weighted by molar-refractivity contribution is -0.169. The molecule has 0 saturated carbocycles. The lowest BCUT2D eigenvalue weighted by Crippen LogP contribution is -2.51. The van der Waals surface area contributed by atoms with Gasteiger partial charge in [-0.2, -0.15) is 0 Å². The van der Waals surface area contributed by atoms with Gasteiger partial charge in [0.2, 0.25) is 0 Å². The van der Waals surface area contributed by atoms with Crippen molar-refractivity contribution in [1.29, 1.82) is 0 Å². The van der Waals surface area contributed by atoms with Crippen LogP contribution in [0.1, 0.15) is 19.8 Å². The minimum Gasteiger partial charge on any atom is -0.480 e. The van der Waals surface area contributed by atoms with E-state index in [1.54, 1.807) is 0 Å². The van der Waals surface area contributed by atoms with Crippen molar-refractivity contribution in [3.05, 3.63) is 0 Å². The standard InChI is InChI=1S/C9H15NO4/c1-6-5-9(7(11)12,8(13)14)3-4-10(6)2/h6H,3-5H2,1-2H3,(H,11,12)(H,13,14). The van der Waals surface area contributed by atoms with E-state index in [1.165, 1.54) is 0 Å². The lowest BCUT2D eigenvalue weighted by Gasteiger charge is -2.38. The molecule has 5 nitrogen and oxygen atoms in total. The fraction of sp³-hybridized carbons (Fsp3) is 0.778. The van der Waals surface area contributed by atoms with Crippen LogP contribution >= 0.6 is 0 Å². The molecular formula is C9H15NO4. The monoisotopic (exact) mass is 201 g/mol. The van der Waals surface area contributed by atoms with Crippen LogP contribution in [-0.4, -0.2) is 46.7 Å². The molecule has 1 fully saturated rings. The number of carboxylic acid groups (broad SMARTS) is 2. The topological polar surface area (TPSA) is 77.8 Å². The minimum atomic E-state index is -1.58. The van der Waals surface area contributed by atoms with Gasteiger partial charge in [-0.3, -0.25) is 9.59 Å². The molecule has 1 heterocycles. The average molecular weight is 201 g/mol. The molecule has 0 aromatic rings. The van der Waals surface area contributed by atoms with Crippen LogP contribution in [0.25, 0.3) is 0 Å². The van der Waals surface area contributed by atoms with E-state index in [9.17, 15) is 9.59 Å². The number of hydrogen-bond acceptors (Lipinski definition) is 3. The molecule has 0 aliphatic carbocycles. The van der Waals surface area contributed by atoms with Crippen LogP contribution in [0.5, 0.6) is 0 Å². The molecule has 1 aliphatic heterocycles. The minimum absolute atomic E-state index is 0.00375. The van der Waals surface area contributed by atoms with E-state index in [-0.39, 0.29) is 18.9 Å². The molecule has 0 aromatic heterocycles. The molecule has 1 rings (SSSR count). The van der Waals surface area contributed by atoms with Crippen molar-refractivity contribution in [2.24, 2.45) is 5.41 Å². The highest BCUT2D eigenvalue weighted by Gasteiger charge is 2.50. The molecule has 0 amide bonds. The number of hydrogen-bond donors (Lipinski definition) is 2. The molecule has 1 aliphatic rings. The number of rotatable bonds is 2. The first-order chi connectivity index (χ1) is 6.40. The Labute approximate surface area is 82.3 Å². The summed E-state index contributed by atoms with van der Waals surface area (Å²) < 4.78 is 0. The molecule has 0 spiro atoms. The summed E-state index contributed by atoms with van der Waals surface area (Å²) in [6.45, 7) is 2.36. The van der Waals surface area contributed by atoms with Gasteiger partial charge in [0.15, 0.2) is 5.41 Å². The summed E-state index contributed by atoms with van der Waals surface area (Å²) in [5, 5.41) is 17.9. The zero-order chi connectivity index (χ0) is 10.9. The summed E-state index contributed by atoms with van der Waals surface area (Å²) in [7, 11) is 1.87. The van der Waals surface area contributed by atoms with Crippen molar-refractivity contribution in [1.82, 2.24) is 4.90 Å². The van der Waals surface area contributed by atoms with Gasteiger partial charge < -0.3 is 15.1 Å². The normalized spacial score (nSPS) is 27.1. The Morgan fingerprint density at radius 1 is 1.36 bits per heavy atom. The van der Waals surface area contributed by atoms with Gasteiger partial charge >= 0.3 is 11.9 Å². The van der Waals surface area contributed by atoms with E-state index >= 15 is 0 Å². The van der Waals surface area contributed by atoms with E-state index in [1.807, 2.05) is 18.9 Å². The van der Waals surface area contributed by atoms with Crippen molar-refractivity contribution < 1.29 is 19.8 Å². The van der Waals surface area contributed by atoms with E-state index in [2.05, 4.69) is 0 Å². The molecule has 14 heavy (non-hydrogen) atoms. The van der Waals surface area contributed by atoms with Crippen LogP contribution < -0.4 is 0 Å². The van der Waals surface area contributed by atoms with Crippen LogP contribution in [0.3, 0.4) is 0 Å². The number of nitrogens with zero attached hydrogens (tertiary/aromatic N) is 1. The Kier molecular flexibility index (Phi) is 2.80. The molecule has 0 radical (unpaired) electrons. The number of piperidine rings is 1. The zero-order valence-electron chi connectivity index (χ0n) is 8.36. The predicted octanol–water partition coefficient (Wildman–Crippen LogP) is 0.256. The maximum atomic E-state index is 11.0. The summed E-state index contributed by atoms with van der Waals surface area (Å²) in [4.78, 5) is 23.9. The van der Waals surface area contributed by atoms with Gasteiger partial charge in [-0.15, -0.1) is 0 Å². The average Bonchev–Trinajstić information content (AvgIpc) is 2.09. The molecule has 0 bridgehead atoms. The van der Waals surface area contributed by atoms with Crippen molar-refractivity contribution in [3.8, 4) is 0 Å². The molecule has 0 aromatic carbocycles. The first kappa shape index (κ1) is 11.0. The number of carbonyl (C=O) groups is 2. The second-order valence-electron chi connectivity index (χ2n) is 3.98. The second-order valence-corrected chi connectivity index (χ2v) is 3.98. The zero-order valence-corrected chi connectivity index (χ0v) is 8.36. The lowest BCUT2D eigenvalue weighted by atomic mass is 9.76. The Balaban J connectivity index is 2.91. The molecule has 2 N–H and O–H groups in total. The highest BCUT2D eigenvalue weighted by atomic mass is 16.4. The van der Waals surface area contributed by atoms with Crippen molar-refractivity contribution >= 4 is 11.9 Å². The summed E-state index contributed by atoms with van der Waals surface area (Å²) in [6, 6.07) is -0.00375. The molecule has 80 valence electrons. The predicted molar refractivity (Wildman–Crippen MR) is 49.0 cm³/mol. The summed E-state index contributed by atoms with van der Waals surface area (Å²) in [5.74, 6) is -2.44. The first-order valence-electron chi connectivity index (χ1n) is 4.57. The van der Waals surface area contributed by atoms with Crippen LogP contribution in [0.15, 0.2) is 0 Å². The second kappa shape index (κ2) is 3.57. The first-order valence-corrected chi connectivity index (χ1v) is 4.57. The fourth-order valence-electron chi connectivity index (χ4n) is 1.83. The van der Waals surface area contributed by atoms with Crippen molar-refractivity contribution in [2.75, 3.05) is 13.6 Å². The van der Waals surface area contributed by atoms with Gasteiger partial charge in [0.25, 0.3) is 0 Å². The fourth-order valence-corrected chi connectivity index (χ4v) is 1.83. The summed E-state index contributed by atoms with van der Waals surface area (Å²) in [6.07, 6.45) is 0.354. The third-order valence-electron chi connectivity index (χ3n) is 3.11. The summed E-state index contributed by atoms with van der Waals surface area (Å²) >= 11 is 0. The molecule has 1 saturated heterocycles. The molecule has 5 heteroatoms. The molecular weight excluding hydrogens is 186 g/mol. The van der Waals surface area contributed by atoms with E-state index in [4.69, 9.17) is 10.2 Å². The smallest absolute Gasteiger partial charge is 0.321 e. The largest absolute Gasteiger partial charge is 0.480 e. The third-order valence-corrected chi connectivity index (χ3v) is 3.11. The van der Waals surface area contributed by atoms with Crippen LogP contribution in [0.2, 0.25) is 0 Å². The Bertz CT molecular complexity index is 250. The van der Waals surface area contributed by atoms with Gasteiger partial charge in [0, 0.05) is 6.04 Å². The van der Waals surface area contributed by atoms with E-state index in [0.717, 1.165) is 0 Å². The maximum absolute atomic E-state index is 11.0. The van der Waals surface area contributed by atoms with Gasteiger partial charge in [-0.1, -0.05) is 0 Å². The van der Waals surface area contributed by atoms with Gasteiger partial charge in [-0.05, 0) is 33.4 Å². The van der Waals surface area contributed by atoms with Gasteiger partial charge in [-0.25, -0.2) is 0 Å². The van der Waals surface area contributed by atoms with E-state index < -0.39 is 17.4 Å². The Morgan fingerprint density at radius 3 is 2.21 bits per heavy atom. The number of likely N-dealkylation sites (tertiary alicyclic amines) is 1. The third kappa shape index (κ3) is 1.59. The van der Waals surface area contributed by atoms with E-state index in [0.29, 0.717) is 6.54 Å². The van der Waals surface area contributed by atoms with Gasteiger partial charge in [0.1, 0.15) is 0 Å². The van der Waals surface area contributed by atoms with Crippen LogP contribution in [-0.2, 0) is 9.59 Å².